The van der Waals surface area contributed by atoms with Crippen LogP contribution in [0.25, 0.3) is 0 Å². The standard InChI is InChI=1S/C14H16N2O3S/c1-9-7-11(19-13(9)14(17)16-15)8-20-12-5-3-10(18-2)4-6-12/h3-7H,8,15H2,1-2H3,(H,16,17). The van der Waals surface area contributed by atoms with Crippen molar-refractivity contribution < 1.29 is 13.9 Å². The normalized spacial score (nSPS) is 10.3. The van der Waals surface area contributed by atoms with E-state index >= 15 is 0 Å². The molecule has 0 fully saturated rings. The minimum Gasteiger partial charge on any atom is -0.497 e. The lowest BCUT2D eigenvalue weighted by Gasteiger charge is -2.02. The highest BCUT2D eigenvalue weighted by molar-refractivity contribution is 7.98. The van der Waals surface area contributed by atoms with Gasteiger partial charge in [0.15, 0.2) is 5.76 Å². The van der Waals surface area contributed by atoms with Gasteiger partial charge in [-0.3, -0.25) is 10.2 Å². The van der Waals surface area contributed by atoms with Crippen LogP contribution in [0.2, 0.25) is 0 Å². The molecule has 0 aliphatic rings. The van der Waals surface area contributed by atoms with Crippen LogP contribution in [0.4, 0.5) is 0 Å². The van der Waals surface area contributed by atoms with E-state index in [0.29, 0.717) is 5.75 Å². The molecule has 0 spiro atoms. The third-order valence-corrected chi connectivity index (χ3v) is 3.78. The van der Waals surface area contributed by atoms with Crippen molar-refractivity contribution in [2.45, 2.75) is 17.6 Å². The zero-order valence-electron chi connectivity index (χ0n) is 11.3. The lowest BCUT2D eigenvalue weighted by Crippen LogP contribution is -2.30. The van der Waals surface area contributed by atoms with Gasteiger partial charge in [0.2, 0.25) is 0 Å². The number of rotatable bonds is 5. The van der Waals surface area contributed by atoms with Crippen LogP contribution in [0, 0.1) is 6.92 Å². The molecule has 1 amide bonds. The summed E-state index contributed by atoms with van der Waals surface area (Å²) in [4.78, 5) is 12.5. The quantitative estimate of drug-likeness (QED) is 0.383. The van der Waals surface area contributed by atoms with Gasteiger partial charge in [0.05, 0.1) is 12.9 Å². The molecule has 106 valence electrons. The third-order valence-electron chi connectivity index (χ3n) is 2.75. The lowest BCUT2D eigenvalue weighted by molar-refractivity contribution is 0.0923. The number of aryl methyl sites for hydroxylation is 1. The molecule has 0 saturated carbocycles. The molecule has 0 atom stereocenters. The van der Waals surface area contributed by atoms with Crippen LogP contribution < -0.4 is 16.0 Å². The first-order valence-electron chi connectivity index (χ1n) is 6.01. The molecule has 0 saturated heterocycles. The van der Waals surface area contributed by atoms with Crippen molar-refractivity contribution in [1.82, 2.24) is 5.43 Å². The molecule has 0 bridgehead atoms. The van der Waals surface area contributed by atoms with Crippen molar-refractivity contribution in [3.05, 3.63) is 47.4 Å². The number of ether oxygens (including phenoxy) is 1. The van der Waals surface area contributed by atoms with E-state index in [1.54, 1.807) is 18.9 Å². The van der Waals surface area contributed by atoms with Crippen LogP contribution in [0.3, 0.4) is 0 Å². The van der Waals surface area contributed by atoms with Crippen LogP contribution in [0.1, 0.15) is 21.9 Å². The van der Waals surface area contributed by atoms with Crippen LogP contribution in [-0.4, -0.2) is 13.0 Å². The number of thioether (sulfide) groups is 1. The van der Waals surface area contributed by atoms with E-state index in [1.807, 2.05) is 37.3 Å². The maximum Gasteiger partial charge on any atom is 0.301 e. The fourth-order valence-electron chi connectivity index (χ4n) is 1.74. The Morgan fingerprint density at radius 1 is 1.40 bits per heavy atom. The van der Waals surface area contributed by atoms with Crippen LogP contribution in [0.15, 0.2) is 39.6 Å². The first-order chi connectivity index (χ1) is 9.63. The van der Waals surface area contributed by atoms with Gasteiger partial charge < -0.3 is 9.15 Å². The second kappa shape index (κ2) is 6.49. The molecular weight excluding hydrogens is 276 g/mol. The van der Waals surface area contributed by atoms with Gasteiger partial charge in [-0.05, 0) is 37.3 Å². The Kier molecular flexibility index (Phi) is 4.70. The number of furan rings is 1. The number of nitrogens with one attached hydrogen (secondary N) is 1. The largest absolute Gasteiger partial charge is 0.497 e. The number of carbonyl (C=O) groups excluding carboxylic acids is 1. The van der Waals surface area contributed by atoms with Crippen molar-refractivity contribution in [3.63, 3.8) is 0 Å². The molecule has 0 aliphatic carbocycles. The van der Waals surface area contributed by atoms with E-state index in [0.717, 1.165) is 22.0 Å². The maximum absolute atomic E-state index is 11.4. The molecule has 20 heavy (non-hydrogen) atoms. The predicted octanol–water partition coefficient (Wildman–Crippen LogP) is 2.49. The van der Waals surface area contributed by atoms with E-state index in [-0.39, 0.29) is 5.76 Å². The van der Waals surface area contributed by atoms with Gasteiger partial charge in [0.1, 0.15) is 11.5 Å². The minimum atomic E-state index is -0.414. The number of carbonyl (C=O) groups is 1. The highest BCUT2D eigenvalue weighted by Gasteiger charge is 2.14. The van der Waals surface area contributed by atoms with Crippen molar-refractivity contribution >= 4 is 17.7 Å². The monoisotopic (exact) mass is 292 g/mol. The number of nitrogen functional groups attached to an aromatic ring is 1. The molecule has 1 aromatic heterocycles. The SMILES string of the molecule is COc1ccc(SCc2cc(C)c(C(=O)NN)o2)cc1. The molecular formula is C14H16N2O3S. The molecule has 0 unspecified atom stereocenters. The summed E-state index contributed by atoms with van der Waals surface area (Å²) in [6, 6.07) is 9.62. The molecule has 6 heteroatoms. The minimum absolute atomic E-state index is 0.262. The van der Waals surface area contributed by atoms with Gasteiger partial charge in [-0.25, -0.2) is 5.84 Å². The second-order valence-corrected chi connectivity index (χ2v) is 5.21. The average Bonchev–Trinajstić information content (AvgIpc) is 2.86. The number of amides is 1. The Morgan fingerprint density at radius 3 is 2.70 bits per heavy atom. The highest BCUT2D eigenvalue weighted by atomic mass is 32.2. The molecule has 0 aliphatic heterocycles. The van der Waals surface area contributed by atoms with Gasteiger partial charge in [0, 0.05) is 10.5 Å². The third kappa shape index (κ3) is 3.34. The van der Waals surface area contributed by atoms with Gasteiger partial charge in [0.25, 0.3) is 0 Å². The van der Waals surface area contributed by atoms with E-state index in [4.69, 9.17) is 15.0 Å². The molecule has 2 aromatic rings. The maximum atomic E-state index is 11.4. The molecule has 5 nitrogen and oxygen atoms in total. The first kappa shape index (κ1) is 14.5. The Labute approximate surface area is 121 Å². The second-order valence-electron chi connectivity index (χ2n) is 4.16. The van der Waals surface area contributed by atoms with Crippen molar-refractivity contribution in [1.29, 1.82) is 0 Å². The van der Waals surface area contributed by atoms with E-state index in [9.17, 15) is 4.79 Å². The van der Waals surface area contributed by atoms with Crippen molar-refractivity contribution in [3.8, 4) is 5.75 Å². The fraction of sp³-hybridized carbons (Fsp3) is 0.214. The smallest absolute Gasteiger partial charge is 0.301 e. The highest BCUT2D eigenvalue weighted by Crippen LogP contribution is 2.26. The Bertz CT molecular complexity index is 593. The summed E-state index contributed by atoms with van der Waals surface area (Å²) in [5, 5.41) is 0. The Balaban J connectivity index is 2.01. The van der Waals surface area contributed by atoms with E-state index in [1.165, 1.54) is 0 Å². The molecule has 1 heterocycles. The summed E-state index contributed by atoms with van der Waals surface area (Å²) in [6.07, 6.45) is 0. The van der Waals surface area contributed by atoms with E-state index < -0.39 is 5.91 Å². The first-order valence-corrected chi connectivity index (χ1v) is 6.99. The summed E-state index contributed by atoms with van der Waals surface area (Å²) in [5.41, 5.74) is 2.84. The summed E-state index contributed by atoms with van der Waals surface area (Å²) in [5.74, 6) is 7.15. The fourth-order valence-corrected chi connectivity index (χ4v) is 2.52. The van der Waals surface area contributed by atoms with E-state index in [2.05, 4.69) is 5.43 Å². The van der Waals surface area contributed by atoms with Crippen molar-refractivity contribution in [2.24, 2.45) is 5.84 Å². The number of hydrazine groups is 1. The molecule has 3 N–H and O–H groups in total. The summed E-state index contributed by atoms with van der Waals surface area (Å²) >= 11 is 1.62. The number of methoxy groups -OCH3 is 1. The number of hydrogen-bond acceptors (Lipinski definition) is 5. The van der Waals surface area contributed by atoms with Crippen LogP contribution in [0.5, 0.6) is 5.75 Å². The lowest BCUT2D eigenvalue weighted by atomic mass is 10.2. The molecule has 1 aromatic carbocycles. The Morgan fingerprint density at radius 2 is 2.10 bits per heavy atom. The molecule has 0 radical (unpaired) electrons. The van der Waals surface area contributed by atoms with Gasteiger partial charge in [-0.15, -0.1) is 11.8 Å². The zero-order valence-corrected chi connectivity index (χ0v) is 12.1. The zero-order chi connectivity index (χ0) is 14.5. The number of hydrogen-bond donors (Lipinski definition) is 2. The van der Waals surface area contributed by atoms with Crippen LogP contribution >= 0.6 is 11.8 Å². The van der Waals surface area contributed by atoms with Gasteiger partial charge >= 0.3 is 5.91 Å². The van der Waals surface area contributed by atoms with Gasteiger partial charge in [-0.1, -0.05) is 0 Å². The topological polar surface area (TPSA) is 77.5 Å². The molecule has 2 rings (SSSR count). The van der Waals surface area contributed by atoms with Crippen molar-refractivity contribution in [2.75, 3.05) is 7.11 Å². The Hall–Kier alpha value is -1.92. The summed E-state index contributed by atoms with van der Waals surface area (Å²) < 4.78 is 10.6. The van der Waals surface area contributed by atoms with Gasteiger partial charge in [-0.2, -0.15) is 0 Å². The van der Waals surface area contributed by atoms with Crippen LogP contribution in [-0.2, 0) is 5.75 Å². The predicted molar refractivity (Wildman–Crippen MR) is 77.7 cm³/mol. The number of nitrogens with two attached hydrogens (primary N) is 1. The summed E-state index contributed by atoms with van der Waals surface area (Å²) in [6.45, 7) is 1.82. The number of benzene rings is 1. The average molecular weight is 292 g/mol. The summed E-state index contributed by atoms with van der Waals surface area (Å²) in [7, 11) is 1.64.